The molecule has 8 nitrogen and oxygen atoms in total. The van der Waals surface area contributed by atoms with E-state index >= 15 is 0 Å². The van der Waals surface area contributed by atoms with Crippen molar-refractivity contribution in [2.24, 2.45) is 0 Å². The molecular formula is C21H31N3O5. The number of piperidine rings is 1. The topological polar surface area (TPSA) is 97.0 Å². The maximum Gasteiger partial charge on any atom is 0.258 e. The van der Waals surface area contributed by atoms with Gasteiger partial charge in [0.25, 0.3) is 11.8 Å². The van der Waals surface area contributed by atoms with E-state index in [-0.39, 0.29) is 36.4 Å². The first-order chi connectivity index (χ1) is 13.8. The normalized spacial score (nSPS) is 16.3. The zero-order valence-corrected chi connectivity index (χ0v) is 17.6. The lowest BCUT2D eigenvalue weighted by molar-refractivity contribution is -0.123. The molecule has 2 rings (SSSR count). The van der Waals surface area contributed by atoms with Crippen molar-refractivity contribution in [3.8, 4) is 11.5 Å². The van der Waals surface area contributed by atoms with Gasteiger partial charge in [-0.05, 0) is 44.9 Å². The average Bonchev–Trinajstić information content (AvgIpc) is 2.71. The Morgan fingerprint density at radius 2 is 1.97 bits per heavy atom. The van der Waals surface area contributed by atoms with Gasteiger partial charge >= 0.3 is 0 Å². The summed E-state index contributed by atoms with van der Waals surface area (Å²) in [7, 11) is 1.49. The maximum absolute atomic E-state index is 12.9. The van der Waals surface area contributed by atoms with Crippen LogP contribution in [0.5, 0.6) is 11.5 Å². The van der Waals surface area contributed by atoms with Gasteiger partial charge in [0.05, 0.1) is 7.11 Å². The van der Waals surface area contributed by atoms with Gasteiger partial charge in [0.15, 0.2) is 18.1 Å². The monoisotopic (exact) mass is 405 g/mol. The summed E-state index contributed by atoms with van der Waals surface area (Å²) in [5.41, 5.74) is 0.475. The van der Waals surface area contributed by atoms with Gasteiger partial charge in [0.2, 0.25) is 5.91 Å². The molecule has 3 amide bonds. The Morgan fingerprint density at radius 1 is 1.21 bits per heavy atom. The van der Waals surface area contributed by atoms with E-state index < -0.39 is 0 Å². The predicted octanol–water partition coefficient (Wildman–Crippen LogP) is 1.73. The van der Waals surface area contributed by atoms with Crippen LogP contribution in [-0.4, -0.2) is 61.5 Å². The summed E-state index contributed by atoms with van der Waals surface area (Å²) in [6.45, 7) is 6.55. The molecule has 1 saturated heterocycles. The highest BCUT2D eigenvalue weighted by atomic mass is 16.5. The molecule has 1 aromatic carbocycles. The zero-order chi connectivity index (χ0) is 21.4. The van der Waals surface area contributed by atoms with Crippen molar-refractivity contribution in [3.05, 3.63) is 23.8 Å². The van der Waals surface area contributed by atoms with Gasteiger partial charge < -0.3 is 25.0 Å². The van der Waals surface area contributed by atoms with Crippen LogP contribution in [0.2, 0.25) is 0 Å². The first-order valence-electron chi connectivity index (χ1n) is 10.0. The van der Waals surface area contributed by atoms with Gasteiger partial charge in [-0.3, -0.25) is 14.4 Å². The van der Waals surface area contributed by atoms with Gasteiger partial charge in [-0.25, -0.2) is 0 Å². The minimum absolute atomic E-state index is 0.00558. The van der Waals surface area contributed by atoms with Crippen molar-refractivity contribution in [3.63, 3.8) is 0 Å². The number of carbonyl (C=O) groups excluding carboxylic acids is 3. The first kappa shape index (κ1) is 22.5. The number of ether oxygens (including phenoxy) is 2. The van der Waals surface area contributed by atoms with Crippen LogP contribution >= 0.6 is 0 Å². The number of methoxy groups -OCH3 is 1. The molecule has 0 radical (unpaired) electrons. The lowest BCUT2D eigenvalue weighted by atomic mass is 10.0. The fraction of sp³-hybridized carbons (Fsp3) is 0.571. The van der Waals surface area contributed by atoms with Crippen LogP contribution < -0.4 is 20.1 Å². The van der Waals surface area contributed by atoms with Gasteiger partial charge in [0, 0.05) is 37.2 Å². The molecular weight excluding hydrogens is 374 g/mol. The molecule has 1 heterocycles. The molecule has 8 heteroatoms. The van der Waals surface area contributed by atoms with E-state index in [9.17, 15) is 14.4 Å². The van der Waals surface area contributed by atoms with E-state index in [1.807, 2.05) is 20.8 Å². The van der Waals surface area contributed by atoms with Crippen LogP contribution in [-0.2, 0) is 9.59 Å². The fourth-order valence-electron chi connectivity index (χ4n) is 3.22. The van der Waals surface area contributed by atoms with Crippen LogP contribution in [0, 0.1) is 0 Å². The largest absolute Gasteiger partial charge is 0.493 e. The number of amides is 3. The molecule has 29 heavy (non-hydrogen) atoms. The Hall–Kier alpha value is -2.77. The SMILES string of the molecule is CCC(=O)NC1CCCN(C(=O)c2ccc(OCC(=O)NC(C)C)c(OC)c2)C1. The highest BCUT2D eigenvalue weighted by Gasteiger charge is 2.26. The van der Waals surface area contributed by atoms with E-state index in [2.05, 4.69) is 10.6 Å². The Kier molecular flexibility index (Phi) is 8.30. The zero-order valence-electron chi connectivity index (χ0n) is 17.6. The molecule has 0 spiro atoms. The molecule has 1 aliphatic rings. The highest BCUT2D eigenvalue weighted by molar-refractivity contribution is 5.95. The van der Waals surface area contributed by atoms with Gasteiger partial charge in [-0.1, -0.05) is 6.92 Å². The second-order valence-corrected chi connectivity index (χ2v) is 7.39. The summed E-state index contributed by atoms with van der Waals surface area (Å²) < 4.78 is 10.9. The molecule has 1 aliphatic heterocycles. The summed E-state index contributed by atoms with van der Waals surface area (Å²) in [5, 5.41) is 5.71. The summed E-state index contributed by atoms with van der Waals surface area (Å²) in [4.78, 5) is 38.1. The Morgan fingerprint density at radius 3 is 2.62 bits per heavy atom. The third kappa shape index (κ3) is 6.66. The van der Waals surface area contributed by atoms with Crippen molar-refractivity contribution < 1.29 is 23.9 Å². The Labute approximate surface area is 171 Å². The number of nitrogens with one attached hydrogen (secondary N) is 2. The molecule has 0 saturated carbocycles. The highest BCUT2D eigenvalue weighted by Crippen LogP contribution is 2.29. The summed E-state index contributed by atoms with van der Waals surface area (Å²) >= 11 is 0. The van der Waals surface area contributed by atoms with Gasteiger partial charge in [0.1, 0.15) is 0 Å². The molecule has 1 unspecified atom stereocenters. The van der Waals surface area contributed by atoms with E-state index in [1.165, 1.54) is 7.11 Å². The van der Waals surface area contributed by atoms with Crippen LogP contribution in [0.4, 0.5) is 0 Å². The molecule has 0 bridgehead atoms. The van der Waals surface area contributed by atoms with Crippen molar-refractivity contribution >= 4 is 17.7 Å². The lowest BCUT2D eigenvalue weighted by Gasteiger charge is -2.33. The molecule has 0 aliphatic carbocycles. The maximum atomic E-state index is 12.9. The molecule has 1 aromatic rings. The number of likely N-dealkylation sites (tertiary alicyclic amines) is 1. The number of benzene rings is 1. The van der Waals surface area contributed by atoms with Crippen LogP contribution in [0.3, 0.4) is 0 Å². The van der Waals surface area contributed by atoms with Crippen LogP contribution in [0.25, 0.3) is 0 Å². The minimum atomic E-state index is -0.226. The molecule has 1 atom stereocenters. The molecule has 0 aromatic heterocycles. The summed E-state index contributed by atoms with van der Waals surface area (Å²) in [6.07, 6.45) is 2.13. The third-order valence-electron chi connectivity index (χ3n) is 4.61. The lowest BCUT2D eigenvalue weighted by Crippen LogP contribution is -2.49. The quantitative estimate of drug-likeness (QED) is 0.687. The fourth-order valence-corrected chi connectivity index (χ4v) is 3.22. The second kappa shape index (κ2) is 10.7. The van der Waals surface area contributed by atoms with Gasteiger partial charge in [-0.2, -0.15) is 0 Å². The number of hydrogen-bond donors (Lipinski definition) is 2. The van der Waals surface area contributed by atoms with E-state index in [1.54, 1.807) is 23.1 Å². The molecule has 160 valence electrons. The average molecular weight is 405 g/mol. The summed E-state index contributed by atoms with van der Waals surface area (Å²) in [5.74, 6) is 0.434. The standard InChI is InChI=1S/C21H31N3O5/c1-5-19(25)23-16-7-6-10-24(12-16)21(27)15-8-9-17(18(11-15)28-4)29-13-20(26)22-14(2)3/h8-9,11,14,16H,5-7,10,12-13H2,1-4H3,(H,22,26)(H,23,25). The molecule has 1 fully saturated rings. The first-order valence-corrected chi connectivity index (χ1v) is 10.0. The number of carbonyl (C=O) groups is 3. The smallest absolute Gasteiger partial charge is 0.258 e. The number of nitrogens with zero attached hydrogens (tertiary/aromatic N) is 1. The van der Waals surface area contributed by atoms with Crippen molar-refractivity contribution in [2.75, 3.05) is 26.8 Å². The summed E-state index contributed by atoms with van der Waals surface area (Å²) in [6, 6.07) is 4.92. The van der Waals surface area contributed by atoms with Crippen molar-refractivity contribution in [1.82, 2.24) is 15.5 Å². The number of hydrogen-bond acceptors (Lipinski definition) is 5. The second-order valence-electron chi connectivity index (χ2n) is 7.39. The molecule has 2 N–H and O–H groups in total. The van der Waals surface area contributed by atoms with Crippen molar-refractivity contribution in [2.45, 2.75) is 52.1 Å². The van der Waals surface area contributed by atoms with E-state index in [4.69, 9.17) is 9.47 Å². The predicted molar refractivity (Wildman–Crippen MR) is 109 cm³/mol. The minimum Gasteiger partial charge on any atom is -0.493 e. The van der Waals surface area contributed by atoms with E-state index in [0.29, 0.717) is 36.6 Å². The van der Waals surface area contributed by atoms with Gasteiger partial charge in [-0.15, -0.1) is 0 Å². The van der Waals surface area contributed by atoms with Crippen molar-refractivity contribution in [1.29, 1.82) is 0 Å². The van der Waals surface area contributed by atoms with E-state index in [0.717, 1.165) is 12.8 Å². The Balaban J connectivity index is 2.03. The Bertz CT molecular complexity index is 735. The third-order valence-corrected chi connectivity index (χ3v) is 4.61. The van der Waals surface area contributed by atoms with Crippen LogP contribution in [0.1, 0.15) is 50.4 Å². The van der Waals surface area contributed by atoms with Crippen LogP contribution in [0.15, 0.2) is 18.2 Å². The number of rotatable bonds is 8.